The Bertz CT molecular complexity index is 1400. The zero-order valence-electron chi connectivity index (χ0n) is 19.2. The van der Waals surface area contributed by atoms with Crippen molar-refractivity contribution in [3.05, 3.63) is 94.7 Å². The van der Waals surface area contributed by atoms with E-state index in [1.807, 2.05) is 0 Å². The van der Waals surface area contributed by atoms with Gasteiger partial charge in [-0.3, -0.25) is 14.4 Å². The van der Waals surface area contributed by atoms with Gasteiger partial charge in [-0.15, -0.1) is 0 Å². The molecule has 36 heavy (non-hydrogen) atoms. The number of anilines is 3. The predicted octanol–water partition coefficient (Wildman–Crippen LogP) is 4.17. The van der Waals surface area contributed by atoms with Crippen LogP contribution in [0.1, 0.15) is 20.7 Å². The fraction of sp³-hybridized carbons (Fsp3) is 0.0769. The second-order valence-corrected chi connectivity index (χ2v) is 7.94. The number of carbonyl (C=O) groups is 4. The van der Waals surface area contributed by atoms with Crippen molar-refractivity contribution in [1.82, 2.24) is 0 Å². The summed E-state index contributed by atoms with van der Waals surface area (Å²) in [5, 5.41) is 5.29. The van der Waals surface area contributed by atoms with Gasteiger partial charge in [0.05, 0.1) is 25.5 Å². The highest BCUT2D eigenvalue weighted by Crippen LogP contribution is 2.31. The molecule has 3 aromatic rings. The van der Waals surface area contributed by atoms with Crippen molar-refractivity contribution in [3.8, 4) is 5.75 Å². The van der Waals surface area contributed by atoms with E-state index < -0.39 is 23.7 Å². The minimum atomic E-state index is -0.672. The fourth-order valence-corrected chi connectivity index (χ4v) is 3.72. The smallest absolute Gasteiger partial charge is 0.337 e. The van der Waals surface area contributed by atoms with Crippen LogP contribution in [0.15, 0.2) is 83.5 Å². The standard InChI is InChI=1S/C26H20ClN3O6/c1-35-20-11-9-19(10-12-20)30-24(32)21(27)22(25(30)33)28-17-7-3-5-15(13-17)23(31)29-18-8-4-6-16(14-18)26(34)36-2/h3-14,28H,1-2H3,(H,29,31). The van der Waals surface area contributed by atoms with Crippen LogP contribution in [-0.4, -0.2) is 37.9 Å². The number of ether oxygens (including phenoxy) is 2. The van der Waals surface area contributed by atoms with Crippen LogP contribution in [0.4, 0.5) is 17.1 Å². The molecule has 0 aliphatic carbocycles. The third-order valence-corrected chi connectivity index (χ3v) is 5.64. The summed E-state index contributed by atoms with van der Waals surface area (Å²) in [7, 11) is 2.78. The van der Waals surface area contributed by atoms with Gasteiger partial charge in [-0.2, -0.15) is 0 Å². The molecule has 1 aliphatic heterocycles. The first-order valence-corrected chi connectivity index (χ1v) is 11.0. The largest absolute Gasteiger partial charge is 0.497 e. The molecule has 0 spiro atoms. The SMILES string of the molecule is COC(=O)c1cccc(NC(=O)c2cccc(NC3=C(Cl)C(=O)N(c4ccc(OC)cc4)C3=O)c2)c1. The van der Waals surface area contributed by atoms with Crippen molar-refractivity contribution in [2.24, 2.45) is 0 Å². The highest BCUT2D eigenvalue weighted by atomic mass is 35.5. The summed E-state index contributed by atoms with van der Waals surface area (Å²) in [6.07, 6.45) is 0. The Hall–Kier alpha value is -4.63. The van der Waals surface area contributed by atoms with Crippen molar-refractivity contribution >= 4 is 52.4 Å². The van der Waals surface area contributed by atoms with Gasteiger partial charge in [-0.05, 0) is 60.7 Å². The molecule has 0 radical (unpaired) electrons. The summed E-state index contributed by atoms with van der Waals surface area (Å²) in [6.45, 7) is 0. The molecule has 182 valence electrons. The number of hydrogen-bond donors (Lipinski definition) is 2. The lowest BCUT2D eigenvalue weighted by molar-refractivity contribution is -0.120. The number of imide groups is 1. The van der Waals surface area contributed by atoms with E-state index in [0.29, 0.717) is 22.8 Å². The third-order valence-electron chi connectivity index (χ3n) is 5.29. The average molecular weight is 506 g/mol. The zero-order chi connectivity index (χ0) is 25.8. The van der Waals surface area contributed by atoms with Crippen LogP contribution in [0.5, 0.6) is 5.75 Å². The van der Waals surface area contributed by atoms with E-state index in [2.05, 4.69) is 10.6 Å². The number of rotatable bonds is 7. The quantitative estimate of drug-likeness (QED) is 0.366. The van der Waals surface area contributed by atoms with Crippen LogP contribution in [-0.2, 0) is 14.3 Å². The molecule has 4 rings (SSSR count). The number of methoxy groups -OCH3 is 2. The number of halogens is 1. The van der Waals surface area contributed by atoms with Gasteiger partial charge >= 0.3 is 5.97 Å². The Balaban J connectivity index is 1.51. The minimum absolute atomic E-state index is 0.110. The van der Waals surface area contributed by atoms with Gasteiger partial charge in [0.25, 0.3) is 17.7 Å². The van der Waals surface area contributed by atoms with Gasteiger partial charge in [-0.25, -0.2) is 9.69 Å². The summed E-state index contributed by atoms with van der Waals surface area (Å²) >= 11 is 6.20. The lowest BCUT2D eigenvalue weighted by atomic mass is 10.1. The van der Waals surface area contributed by atoms with Crippen LogP contribution in [0.2, 0.25) is 0 Å². The molecule has 0 atom stereocenters. The molecule has 0 bridgehead atoms. The Morgan fingerprint density at radius 3 is 2.14 bits per heavy atom. The molecule has 0 aromatic heterocycles. The summed E-state index contributed by atoms with van der Waals surface area (Å²) < 4.78 is 9.80. The van der Waals surface area contributed by atoms with E-state index in [4.69, 9.17) is 21.1 Å². The van der Waals surface area contributed by atoms with Crippen LogP contribution < -0.4 is 20.3 Å². The topological polar surface area (TPSA) is 114 Å². The predicted molar refractivity (Wildman–Crippen MR) is 134 cm³/mol. The lowest BCUT2D eigenvalue weighted by Crippen LogP contribution is -2.32. The van der Waals surface area contributed by atoms with E-state index in [-0.39, 0.29) is 21.9 Å². The highest BCUT2D eigenvalue weighted by Gasteiger charge is 2.39. The number of amides is 3. The maximum absolute atomic E-state index is 13.0. The van der Waals surface area contributed by atoms with E-state index in [1.165, 1.54) is 26.4 Å². The van der Waals surface area contributed by atoms with Crippen molar-refractivity contribution < 1.29 is 28.7 Å². The molecule has 9 nitrogen and oxygen atoms in total. The molecule has 0 unspecified atom stereocenters. The number of hydrogen-bond acceptors (Lipinski definition) is 7. The normalized spacial score (nSPS) is 13.0. The van der Waals surface area contributed by atoms with E-state index >= 15 is 0 Å². The number of esters is 1. The highest BCUT2D eigenvalue weighted by molar-refractivity contribution is 6.53. The average Bonchev–Trinajstić information content (AvgIpc) is 3.11. The number of nitrogens with zero attached hydrogens (tertiary/aromatic N) is 1. The van der Waals surface area contributed by atoms with E-state index in [1.54, 1.807) is 60.7 Å². The lowest BCUT2D eigenvalue weighted by Gasteiger charge is -2.15. The van der Waals surface area contributed by atoms with Crippen molar-refractivity contribution in [3.63, 3.8) is 0 Å². The first-order valence-electron chi connectivity index (χ1n) is 10.6. The molecule has 2 N–H and O–H groups in total. The van der Waals surface area contributed by atoms with Crippen molar-refractivity contribution in [2.75, 3.05) is 29.8 Å². The van der Waals surface area contributed by atoms with Crippen molar-refractivity contribution in [1.29, 1.82) is 0 Å². The molecule has 1 heterocycles. The molecule has 3 aromatic carbocycles. The molecular formula is C26H20ClN3O6. The van der Waals surface area contributed by atoms with Crippen LogP contribution in [0.3, 0.4) is 0 Å². The monoisotopic (exact) mass is 505 g/mol. The van der Waals surface area contributed by atoms with E-state index in [9.17, 15) is 19.2 Å². The summed E-state index contributed by atoms with van der Waals surface area (Å²) in [5.74, 6) is -1.71. The maximum Gasteiger partial charge on any atom is 0.337 e. The Morgan fingerprint density at radius 1 is 0.833 bits per heavy atom. The van der Waals surface area contributed by atoms with E-state index in [0.717, 1.165) is 4.90 Å². The van der Waals surface area contributed by atoms with Gasteiger partial charge in [0, 0.05) is 16.9 Å². The summed E-state index contributed by atoms with van der Waals surface area (Å²) in [6, 6.07) is 19.0. The molecule has 3 amide bonds. The Labute approximate surface area is 211 Å². The summed E-state index contributed by atoms with van der Waals surface area (Å²) in [5.41, 5.74) is 1.56. The Morgan fingerprint density at radius 2 is 1.47 bits per heavy atom. The maximum atomic E-state index is 13.0. The second-order valence-electron chi connectivity index (χ2n) is 7.57. The second kappa shape index (κ2) is 10.3. The molecule has 0 saturated carbocycles. The van der Waals surface area contributed by atoms with Crippen molar-refractivity contribution in [2.45, 2.75) is 0 Å². The van der Waals surface area contributed by atoms with Crippen LogP contribution in [0, 0.1) is 0 Å². The van der Waals surface area contributed by atoms with Gasteiger partial charge in [0.2, 0.25) is 0 Å². The van der Waals surface area contributed by atoms with Gasteiger partial charge in [-0.1, -0.05) is 23.7 Å². The third kappa shape index (κ3) is 4.91. The molecule has 1 aliphatic rings. The first kappa shape index (κ1) is 24.5. The minimum Gasteiger partial charge on any atom is -0.497 e. The zero-order valence-corrected chi connectivity index (χ0v) is 20.0. The summed E-state index contributed by atoms with van der Waals surface area (Å²) in [4.78, 5) is 51.2. The molecule has 10 heteroatoms. The Kier molecular flexibility index (Phi) is 7.03. The number of carbonyl (C=O) groups excluding carboxylic acids is 4. The van der Waals surface area contributed by atoms with Gasteiger partial charge in [0.15, 0.2) is 0 Å². The van der Waals surface area contributed by atoms with Gasteiger partial charge < -0.3 is 20.1 Å². The number of nitrogens with one attached hydrogen (secondary N) is 2. The molecule has 0 saturated heterocycles. The molecule has 0 fully saturated rings. The van der Waals surface area contributed by atoms with Crippen LogP contribution in [0.25, 0.3) is 0 Å². The fourth-order valence-electron chi connectivity index (χ4n) is 3.50. The first-order chi connectivity index (χ1) is 17.3. The molecular weight excluding hydrogens is 486 g/mol. The van der Waals surface area contributed by atoms with Gasteiger partial charge in [0.1, 0.15) is 16.5 Å². The van der Waals surface area contributed by atoms with Crippen LogP contribution >= 0.6 is 11.6 Å². The number of benzene rings is 3.